The Morgan fingerprint density at radius 3 is 2.75 bits per heavy atom. The number of carbonyl (C=O) groups excluding carboxylic acids is 2. The topological polar surface area (TPSA) is 58.6 Å². The van der Waals surface area contributed by atoms with Gasteiger partial charge in [0.15, 0.2) is 0 Å². The summed E-state index contributed by atoms with van der Waals surface area (Å²) < 4.78 is 4.93. The molecule has 3 rings (SSSR count). The van der Waals surface area contributed by atoms with E-state index in [1.807, 2.05) is 37.4 Å². The van der Waals surface area contributed by atoms with Gasteiger partial charge in [0.05, 0.1) is 19.1 Å². The molecule has 0 saturated heterocycles. The Morgan fingerprint density at radius 2 is 2.04 bits per heavy atom. The quantitative estimate of drug-likeness (QED) is 0.867. The van der Waals surface area contributed by atoms with Crippen LogP contribution in [0.15, 0.2) is 30.3 Å². The molecule has 2 heterocycles. The standard InChI is InChI=1S/C18H20N2O3S/c1-20-9-8-13-14(11-20)24-17(16(13)18(22)23-2)19-15(21)10-12-6-4-3-5-7-12/h3-7H,8-11H2,1-2H3,(H,19,21). The number of methoxy groups -OCH3 is 1. The number of thiophene rings is 1. The van der Waals surface area contributed by atoms with Crippen LogP contribution in [0, 0.1) is 0 Å². The first-order valence-electron chi connectivity index (χ1n) is 7.83. The number of likely N-dealkylation sites (N-methyl/N-ethyl adjacent to an activating group) is 1. The van der Waals surface area contributed by atoms with Gasteiger partial charge < -0.3 is 15.0 Å². The highest BCUT2D eigenvalue weighted by Crippen LogP contribution is 2.37. The molecule has 0 atom stereocenters. The number of esters is 1. The maximum Gasteiger partial charge on any atom is 0.341 e. The predicted octanol–water partition coefficient (Wildman–Crippen LogP) is 2.70. The zero-order valence-electron chi connectivity index (χ0n) is 13.8. The highest BCUT2D eigenvalue weighted by atomic mass is 32.1. The fourth-order valence-corrected chi connectivity index (χ4v) is 4.22. The molecular formula is C18H20N2O3S. The summed E-state index contributed by atoms with van der Waals surface area (Å²) in [7, 11) is 3.42. The second-order valence-electron chi connectivity index (χ2n) is 5.90. The van der Waals surface area contributed by atoms with Crippen molar-refractivity contribution in [2.45, 2.75) is 19.4 Å². The van der Waals surface area contributed by atoms with E-state index >= 15 is 0 Å². The summed E-state index contributed by atoms with van der Waals surface area (Å²) in [6, 6.07) is 9.55. The summed E-state index contributed by atoms with van der Waals surface area (Å²) in [6.07, 6.45) is 1.07. The van der Waals surface area contributed by atoms with E-state index in [2.05, 4.69) is 10.2 Å². The minimum Gasteiger partial charge on any atom is -0.465 e. The lowest BCUT2D eigenvalue weighted by atomic mass is 10.0. The molecule has 0 saturated carbocycles. The van der Waals surface area contributed by atoms with Crippen LogP contribution in [0.3, 0.4) is 0 Å². The third-order valence-electron chi connectivity index (χ3n) is 4.10. The molecule has 0 fully saturated rings. The SMILES string of the molecule is COC(=O)c1c(NC(=O)Cc2ccccc2)sc2c1CCN(C)C2. The van der Waals surface area contributed by atoms with Gasteiger partial charge in [-0.15, -0.1) is 11.3 Å². The Labute approximate surface area is 145 Å². The van der Waals surface area contributed by atoms with Crippen LogP contribution < -0.4 is 5.32 Å². The summed E-state index contributed by atoms with van der Waals surface area (Å²) in [5.74, 6) is -0.509. The maximum atomic E-state index is 12.4. The molecule has 1 N–H and O–H groups in total. The van der Waals surface area contributed by atoms with Crippen LogP contribution in [0.1, 0.15) is 26.4 Å². The smallest absolute Gasteiger partial charge is 0.341 e. The Morgan fingerprint density at radius 1 is 1.29 bits per heavy atom. The van der Waals surface area contributed by atoms with E-state index < -0.39 is 0 Å². The zero-order valence-corrected chi connectivity index (χ0v) is 14.6. The lowest BCUT2D eigenvalue weighted by Crippen LogP contribution is -2.26. The molecule has 2 aromatic rings. The van der Waals surface area contributed by atoms with Crippen molar-refractivity contribution in [1.29, 1.82) is 0 Å². The minimum absolute atomic E-state index is 0.127. The zero-order chi connectivity index (χ0) is 17.1. The van der Waals surface area contributed by atoms with Gasteiger partial charge in [0.1, 0.15) is 5.00 Å². The van der Waals surface area contributed by atoms with Gasteiger partial charge in [-0.1, -0.05) is 30.3 Å². The first kappa shape index (κ1) is 16.7. The molecule has 5 nitrogen and oxygen atoms in total. The van der Waals surface area contributed by atoms with Crippen LogP contribution in [-0.4, -0.2) is 37.5 Å². The van der Waals surface area contributed by atoms with E-state index in [4.69, 9.17) is 4.74 Å². The molecule has 1 aromatic heterocycles. The molecular weight excluding hydrogens is 324 g/mol. The van der Waals surface area contributed by atoms with Gasteiger partial charge >= 0.3 is 5.97 Å². The molecule has 1 aliphatic rings. The highest BCUT2D eigenvalue weighted by Gasteiger charge is 2.28. The van der Waals surface area contributed by atoms with Crippen LogP contribution in [0.2, 0.25) is 0 Å². The number of rotatable bonds is 4. The van der Waals surface area contributed by atoms with Gasteiger partial charge in [0.25, 0.3) is 0 Å². The second-order valence-corrected chi connectivity index (χ2v) is 7.00. The van der Waals surface area contributed by atoms with Crippen molar-refractivity contribution in [3.63, 3.8) is 0 Å². The monoisotopic (exact) mass is 344 g/mol. The molecule has 0 bridgehead atoms. The number of amides is 1. The average molecular weight is 344 g/mol. The molecule has 0 radical (unpaired) electrons. The first-order valence-corrected chi connectivity index (χ1v) is 8.65. The molecule has 0 spiro atoms. The fourth-order valence-electron chi connectivity index (χ4n) is 2.89. The molecule has 1 amide bonds. The van der Waals surface area contributed by atoms with E-state index in [9.17, 15) is 9.59 Å². The number of hydrogen-bond donors (Lipinski definition) is 1. The molecule has 24 heavy (non-hydrogen) atoms. The lowest BCUT2D eigenvalue weighted by molar-refractivity contribution is -0.115. The number of fused-ring (bicyclic) bond motifs is 1. The normalized spacial score (nSPS) is 14.1. The number of benzene rings is 1. The number of nitrogens with one attached hydrogen (secondary N) is 1. The van der Waals surface area contributed by atoms with Gasteiger partial charge in [0, 0.05) is 18.0 Å². The fraction of sp³-hybridized carbons (Fsp3) is 0.333. The minimum atomic E-state index is -0.382. The Hall–Kier alpha value is -2.18. The number of ether oxygens (including phenoxy) is 1. The van der Waals surface area contributed by atoms with Gasteiger partial charge in [-0.05, 0) is 24.6 Å². The number of hydrogen-bond acceptors (Lipinski definition) is 5. The highest BCUT2D eigenvalue weighted by molar-refractivity contribution is 7.17. The van der Waals surface area contributed by atoms with Crippen molar-refractivity contribution in [1.82, 2.24) is 4.90 Å². The third-order valence-corrected chi connectivity index (χ3v) is 5.23. The van der Waals surface area contributed by atoms with Crippen LogP contribution in [0.25, 0.3) is 0 Å². The number of anilines is 1. The molecule has 0 aliphatic carbocycles. The maximum absolute atomic E-state index is 12.4. The van der Waals surface area contributed by atoms with Gasteiger partial charge in [-0.3, -0.25) is 4.79 Å². The molecule has 1 aliphatic heterocycles. The van der Waals surface area contributed by atoms with Crippen molar-refractivity contribution in [3.05, 3.63) is 51.9 Å². The van der Waals surface area contributed by atoms with Gasteiger partial charge in [0.2, 0.25) is 5.91 Å². The van der Waals surface area contributed by atoms with Gasteiger partial charge in [-0.25, -0.2) is 4.79 Å². The average Bonchev–Trinajstić information content (AvgIpc) is 2.91. The summed E-state index contributed by atoms with van der Waals surface area (Å²) in [6.45, 7) is 1.68. The van der Waals surface area contributed by atoms with E-state index in [0.717, 1.165) is 35.5 Å². The molecule has 126 valence electrons. The molecule has 1 aromatic carbocycles. The van der Waals surface area contributed by atoms with Crippen LogP contribution >= 0.6 is 11.3 Å². The largest absolute Gasteiger partial charge is 0.465 e. The van der Waals surface area contributed by atoms with E-state index in [1.165, 1.54) is 18.4 Å². The summed E-state index contributed by atoms with van der Waals surface area (Å²) in [5.41, 5.74) is 2.47. The van der Waals surface area contributed by atoms with E-state index in [-0.39, 0.29) is 18.3 Å². The summed E-state index contributed by atoms with van der Waals surface area (Å²) in [4.78, 5) is 27.9. The van der Waals surface area contributed by atoms with E-state index in [1.54, 1.807) is 0 Å². The Bertz CT molecular complexity index is 755. The third kappa shape index (κ3) is 3.49. The van der Waals surface area contributed by atoms with Crippen LogP contribution in [-0.2, 0) is 28.9 Å². The van der Waals surface area contributed by atoms with Crippen molar-refractivity contribution in [2.24, 2.45) is 0 Å². The number of carbonyl (C=O) groups is 2. The first-order chi connectivity index (χ1) is 11.6. The van der Waals surface area contributed by atoms with E-state index in [0.29, 0.717) is 10.6 Å². The van der Waals surface area contributed by atoms with Crippen LogP contribution in [0.4, 0.5) is 5.00 Å². The number of nitrogens with zero attached hydrogens (tertiary/aromatic N) is 1. The van der Waals surface area contributed by atoms with Gasteiger partial charge in [-0.2, -0.15) is 0 Å². The second kappa shape index (κ2) is 7.15. The Kier molecular flexibility index (Phi) is 4.97. The van der Waals surface area contributed by atoms with Crippen molar-refractivity contribution in [2.75, 3.05) is 26.0 Å². The summed E-state index contributed by atoms with van der Waals surface area (Å²) in [5, 5.41) is 3.51. The van der Waals surface area contributed by atoms with Crippen molar-refractivity contribution < 1.29 is 14.3 Å². The van der Waals surface area contributed by atoms with Crippen molar-refractivity contribution >= 4 is 28.2 Å². The van der Waals surface area contributed by atoms with Crippen molar-refractivity contribution in [3.8, 4) is 0 Å². The predicted molar refractivity (Wildman–Crippen MR) is 94.5 cm³/mol. The Balaban J connectivity index is 1.84. The lowest BCUT2D eigenvalue weighted by Gasteiger charge is -2.22. The molecule has 0 unspecified atom stereocenters. The summed E-state index contributed by atoms with van der Waals surface area (Å²) >= 11 is 1.47. The molecule has 6 heteroatoms. The van der Waals surface area contributed by atoms with Crippen LogP contribution in [0.5, 0.6) is 0 Å².